The lowest BCUT2D eigenvalue weighted by atomic mass is 10.2. The maximum Gasteiger partial charge on any atom is 0.337 e. The van der Waals surface area contributed by atoms with Gasteiger partial charge in [-0.1, -0.05) is 0 Å². The van der Waals surface area contributed by atoms with Crippen LogP contribution in [-0.2, 0) is 14.3 Å². The zero-order valence-electron chi connectivity index (χ0n) is 8.06. The van der Waals surface area contributed by atoms with Gasteiger partial charge >= 0.3 is 5.97 Å². The topological polar surface area (TPSA) is 68.1 Å². The molecule has 0 fully saturated rings. The molecule has 0 saturated carbocycles. The standard InChI is InChI=1S/C8H15NO4/c1-4-13-8(11)7(10)6(2)9-5-12-3/h5-7,10H,4H2,1-3H3. The second kappa shape index (κ2) is 6.42. The predicted molar refractivity (Wildman–Crippen MR) is 47.6 cm³/mol. The molecule has 76 valence electrons. The first-order valence-electron chi connectivity index (χ1n) is 4.02. The van der Waals surface area contributed by atoms with Crippen LogP contribution in [0.3, 0.4) is 0 Å². The number of aliphatic imine (C=N–C) groups is 1. The van der Waals surface area contributed by atoms with Crippen LogP contribution in [-0.4, -0.2) is 43.3 Å². The Hall–Kier alpha value is -1.10. The van der Waals surface area contributed by atoms with E-state index in [4.69, 9.17) is 0 Å². The number of nitrogens with zero attached hydrogens (tertiary/aromatic N) is 1. The summed E-state index contributed by atoms with van der Waals surface area (Å²) in [6, 6.07) is -0.556. The minimum atomic E-state index is -1.23. The molecule has 13 heavy (non-hydrogen) atoms. The summed E-state index contributed by atoms with van der Waals surface area (Å²) in [4.78, 5) is 14.7. The van der Waals surface area contributed by atoms with Crippen LogP contribution in [0.2, 0.25) is 0 Å². The molecule has 0 aromatic heterocycles. The summed E-state index contributed by atoms with van der Waals surface area (Å²) in [5, 5.41) is 9.30. The van der Waals surface area contributed by atoms with E-state index >= 15 is 0 Å². The highest BCUT2D eigenvalue weighted by molar-refractivity contribution is 5.75. The van der Waals surface area contributed by atoms with E-state index in [1.165, 1.54) is 13.5 Å². The van der Waals surface area contributed by atoms with Crippen molar-refractivity contribution in [3.63, 3.8) is 0 Å². The first-order valence-corrected chi connectivity index (χ1v) is 4.02. The maximum absolute atomic E-state index is 11.0. The minimum absolute atomic E-state index is 0.247. The Kier molecular flexibility index (Phi) is 5.88. The molecule has 0 radical (unpaired) electrons. The van der Waals surface area contributed by atoms with E-state index in [1.54, 1.807) is 13.8 Å². The van der Waals surface area contributed by atoms with E-state index in [0.29, 0.717) is 0 Å². The fourth-order valence-corrected chi connectivity index (χ4v) is 0.663. The van der Waals surface area contributed by atoms with Crippen molar-refractivity contribution in [2.24, 2.45) is 4.99 Å². The molecule has 1 N–H and O–H groups in total. The average Bonchev–Trinajstić information content (AvgIpc) is 2.13. The van der Waals surface area contributed by atoms with Crippen LogP contribution in [0, 0.1) is 0 Å². The van der Waals surface area contributed by atoms with Crippen molar-refractivity contribution in [1.29, 1.82) is 0 Å². The van der Waals surface area contributed by atoms with Crippen molar-refractivity contribution in [1.82, 2.24) is 0 Å². The molecule has 0 bridgehead atoms. The highest BCUT2D eigenvalue weighted by atomic mass is 16.5. The fraction of sp³-hybridized carbons (Fsp3) is 0.750. The number of carbonyl (C=O) groups excluding carboxylic acids is 1. The van der Waals surface area contributed by atoms with Crippen LogP contribution in [0.4, 0.5) is 0 Å². The Labute approximate surface area is 77.4 Å². The normalized spacial score (nSPS) is 15.4. The highest BCUT2D eigenvalue weighted by Gasteiger charge is 2.22. The first-order chi connectivity index (χ1) is 6.13. The van der Waals surface area contributed by atoms with Crippen LogP contribution in [0.25, 0.3) is 0 Å². The van der Waals surface area contributed by atoms with Gasteiger partial charge in [-0.15, -0.1) is 0 Å². The quantitative estimate of drug-likeness (QED) is 0.375. The van der Waals surface area contributed by atoms with Gasteiger partial charge in [-0.2, -0.15) is 0 Å². The van der Waals surface area contributed by atoms with Crippen molar-refractivity contribution in [3.8, 4) is 0 Å². The van der Waals surface area contributed by atoms with Crippen molar-refractivity contribution < 1.29 is 19.4 Å². The summed E-state index contributed by atoms with van der Waals surface area (Å²) in [5.74, 6) is -0.664. The molecule has 0 amide bonds. The predicted octanol–water partition coefficient (Wildman–Crippen LogP) is -0.0264. The number of esters is 1. The van der Waals surface area contributed by atoms with Gasteiger partial charge < -0.3 is 14.6 Å². The Bertz CT molecular complexity index is 181. The number of aliphatic hydroxyl groups excluding tert-OH is 1. The molecule has 0 rings (SSSR count). The second-order valence-electron chi connectivity index (χ2n) is 2.43. The van der Waals surface area contributed by atoms with E-state index in [0.717, 1.165) is 0 Å². The van der Waals surface area contributed by atoms with E-state index < -0.39 is 18.1 Å². The molecule has 5 nitrogen and oxygen atoms in total. The summed E-state index contributed by atoms with van der Waals surface area (Å²) in [5.41, 5.74) is 0. The Morgan fingerprint density at radius 1 is 1.69 bits per heavy atom. The van der Waals surface area contributed by atoms with E-state index in [2.05, 4.69) is 14.5 Å². The van der Waals surface area contributed by atoms with Gasteiger partial charge in [0.2, 0.25) is 0 Å². The number of hydrogen-bond donors (Lipinski definition) is 1. The van der Waals surface area contributed by atoms with Crippen molar-refractivity contribution in [2.75, 3.05) is 13.7 Å². The smallest absolute Gasteiger partial charge is 0.337 e. The fourth-order valence-electron chi connectivity index (χ4n) is 0.663. The van der Waals surface area contributed by atoms with E-state index in [1.807, 2.05) is 0 Å². The van der Waals surface area contributed by atoms with Gasteiger partial charge in [-0.25, -0.2) is 4.79 Å². The number of hydrogen-bond acceptors (Lipinski definition) is 5. The minimum Gasteiger partial charge on any atom is -0.487 e. The third-order valence-electron chi connectivity index (χ3n) is 1.39. The molecule has 2 atom stereocenters. The average molecular weight is 189 g/mol. The molecule has 0 aliphatic rings. The largest absolute Gasteiger partial charge is 0.487 e. The number of ether oxygens (including phenoxy) is 2. The summed E-state index contributed by atoms with van der Waals surface area (Å²) in [6.07, 6.45) is -0.0565. The molecule has 5 heteroatoms. The molecular weight excluding hydrogens is 174 g/mol. The molecule has 0 aliphatic heterocycles. The van der Waals surface area contributed by atoms with Crippen molar-refractivity contribution >= 4 is 12.4 Å². The van der Waals surface area contributed by atoms with Gasteiger partial charge in [-0.3, -0.25) is 4.99 Å². The number of rotatable bonds is 5. The number of aliphatic hydroxyl groups is 1. The lowest BCUT2D eigenvalue weighted by Crippen LogP contribution is -2.32. The molecule has 0 spiro atoms. The Morgan fingerprint density at radius 3 is 2.77 bits per heavy atom. The number of methoxy groups -OCH3 is 1. The molecule has 0 heterocycles. The second-order valence-corrected chi connectivity index (χ2v) is 2.43. The monoisotopic (exact) mass is 189 g/mol. The van der Waals surface area contributed by atoms with Crippen molar-refractivity contribution in [3.05, 3.63) is 0 Å². The van der Waals surface area contributed by atoms with E-state index in [9.17, 15) is 9.90 Å². The van der Waals surface area contributed by atoms with Gasteiger partial charge in [0.25, 0.3) is 0 Å². The van der Waals surface area contributed by atoms with Crippen LogP contribution in [0.5, 0.6) is 0 Å². The van der Waals surface area contributed by atoms with Gasteiger partial charge in [-0.05, 0) is 13.8 Å². The molecule has 0 aromatic carbocycles. The molecule has 0 aliphatic carbocycles. The molecule has 2 unspecified atom stereocenters. The molecule has 0 aromatic rings. The van der Waals surface area contributed by atoms with Crippen LogP contribution in [0.1, 0.15) is 13.8 Å². The highest BCUT2D eigenvalue weighted by Crippen LogP contribution is 2.00. The summed E-state index contributed by atoms with van der Waals surface area (Å²) >= 11 is 0. The lowest BCUT2D eigenvalue weighted by molar-refractivity contribution is -0.153. The van der Waals surface area contributed by atoms with Crippen LogP contribution < -0.4 is 0 Å². The maximum atomic E-state index is 11.0. The Morgan fingerprint density at radius 2 is 2.31 bits per heavy atom. The van der Waals surface area contributed by atoms with Crippen molar-refractivity contribution in [2.45, 2.75) is 26.0 Å². The zero-order valence-corrected chi connectivity index (χ0v) is 8.06. The summed E-state index contributed by atoms with van der Waals surface area (Å²) < 4.78 is 9.15. The Balaban J connectivity index is 4.00. The molecular formula is C8H15NO4. The SMILES string of the molecule is CCOC(=O)C(O)C(C)N=COC. The zero-order chi connectivity index (χ0) is 10.3. The van der Waals surface area contributed by atoms with Gasteiger partial charge in [0.05, 0.1) is 19.8 Å². The third kappa shape index (κ3) is 4.47. The van der Waals surface area contributed by atoms with Crippen LogP contribution >= 0.6 is 0 Å². The summed E-state index contributed by atoms with van der Waals surface area (Å²) in [6.45, 7) is 3.52. The van der Waals surface area contributed by atoms with E-state index in [-0.39, 0.29) is 6.61 Å². The van der Waals surface area contributed by atoms with Gasteiger partial charge in [0.1, 0.15) is 0 Å². The van der Waals surface area contributed by atoms with Gasteiger partial charge in [0, 0.05) is 0 Å². The van der Waals surface area contributed by atoms with Crippen LogP contribution in [0.15, 0.2) is 4.99 Å². The number of carbonyl (C=O) groups is 1. The first kappa shape index (κ1) is 11.9. The molecule has 0 saturated heterocycles. The third-order valence-corrected chi connectivity index (χ3v) is 1.39. The van der Waals surface area contributed by atoms with Gasteiger partial charge in [0.15, 0.2) is 12.5 Å². The summed E-state index contributed by atoms with van der Waals surface area (Å²) in [7, 11) is 1.44. The lowest BCUT2D eigenvalue weighted by Gasteiger charge is -2.12.